The molecule has 3 amide bonds. The molecule has 31 heavy (non-hydrogen) atoms. The molecule has 0 atom stereocenters. The molecule has 0 fully saturated rings. The Bertz CT molecular complexity index is 1110. The van der Waals surface area contributed by atoms with Crippen molar-refractivity contribution in [3.8, 4) is 5.75 Å². The van der Waals surface area contributed by atoms with Gasteiger partial charge in [-0.3, -0.25) is 14.4 Å². The van der Waals surface area contributed by atoms with Crippen LogP contribution in [0.15, 0.2) is 55.2 Å². The molecular weight excluding hydrogens is 550 g/mol. The molecular formula is C21H17Br2N3O4S. The summed E-state index contributed by atoms with van der Waals surface area (Å²) < 4.78 is 6.88. The first-order chi connectivity index (χ1) is 14.7. The highest BCUT2D eigenvalue weighted by Gasteiger charge is 2.23. The highest BCUT2D eigenvalue weighted by molar-refractivity contribution is 9.11. The van der Waals surface area contributed by atoms with Gasteiger partial charge >= 0.3 is 0 Å². The van der Waals surface area contributed by atoms with E-state index in [-0.39, 0.29) is 23.6 Å². The van der Waals surface area contributed by atoms with Crippen LogP contribution in [0.5, 0.6) is 5.75 Å². The Morgan fingerprint density at radius 3 is 2.52 bits per heavy atom. The van der Waals surface area contributed by atoms with Crippen LogP contribution in [0.2, 0.25) is 0 Å². The number of carbonyl (C=O) groups is 3. The molecule has 0 aliphatic carbocycles. The summed E-state index contributed by atoms with van der Waals surface area (Å²) in [7, 11) is 0. The van der Waals surface area contributed by atoms with Crippen molar-refractivity contribution in [3.05, 3.63) is 61.4 Å². The number of hydrogen-bond donors (Lipinski definition) is 2. The van der Waals surface area contributed by atoms with Crippen LogP contribution < -0.4 is 15.4 Å². The van der Waals surface area contributed by atoms with Crippen LogP contribution >= 0.6 is 43.6 Å². The Morgan fingerprint density at radius 2 is 1.87 bits per heavy atom. The van der Waals surface area contributed by atoms with Crippen molar-refractivity contribution in [3.63, 3.8) is 0 Å². The first kappa shape index (κ1) is 23.2. The quantitative estimate of drug-likeness (QED) is 0.514. The number of ether oxygens (including phenoxy) is 1. The maximum atomic E-state index is 12.2. The fourth-order valence-electron chi connectivity index (χ4n) is 2.62. The summed E-state index contributed by atoms with van der Waals surface area (Å²) in [5.74, 6) is -0.541. The third-order valence-electron chi connectivity index (χ3n) is 3.87. The molecule has 0 bridgehead atoms. The lowest BCUT2D eigenvalue weighted by atomic mass is 10.2. The number of rotatable bonds is 5. The molecule has 2 aromatic carbocycles. The molecule has 1 aliphatic rings. The number of halogens is 2. The molecule has 0 unspecified atom stereocenters. The van der Waals surface area contributed by atoms with Crippen LogP contribution in [-0.4, -0.2) is 29.5 Å². The molecule has 7 nitrogen and oxygen atoms in total. The minimum absolute atomic E-state index is 0.173. The van der Waals surface area contributed by atoms with E-state index in [1.807, 2.05) is 31.2 Å². The van der Waals surface area contributed by atoms with Crippen LogP contribution in [0.4, 0.5) is 5.69 Å². The molecule has 1 heterocycles. The van der Waals surface area contributed by atoms with Crippen molar-refractivity contribution < 1.29 is 19.1 Å². The number of nitrogens with one attached hydrogen (secondary N) is 2. The van der Waals surface area contributed by atoms with E-state index in [0.717, 1.165) is 17.3 Å². The smallest absolute Gasteiger partial charge is 0.286 e. The molecule has 10 heteroatoms. The molecule has 0 aromatic heterocycles. The van der Waals surface area contributed by atoms with Gasteiger partial charge in [0.2, 0.25) is 5.91 Å². The second-order valence-electron chi connectivity index (χ2n) is 6.53. The number of aliphatic imine (C=N–C) groups is 1. The highest BCUT2D eigenvalue weighted by Crippen LogP contribution is 2.36. The van der Waals surface area contributed by atoms with Gasteiger partial charge in [-0.25, -0.2) is 0 Å². The van der Waals surface area contributed by atoms with Gasteiger partial charge in [0.25, 0.3) is 11.8 Å². The fourth-order valence-corrected chi connectivity index (χ4v) is 4.93. The van der Waals surface area contributed by atoms with Crippen molar-refractivity contribution in [1.29, 1.82) is 0 Å². The first-order valence-corrected chi connectivity index (χ1v) is 11.4. The number of benzene rings is 2. The van der Waals surface area contributed by atoms with Gasteiger partial charge in [0, 0.05) is 12.6 Å². The van der Waals surface area contributed by atoms with E-state index in [0.29, 0.717) is 30.9 Å². The number of thioether (sulfide) groups is 1. The molecule has 0 saturated carbocycles. The van der Waals surface area contributed by atoms with Gasteiger partial charge in [0.05, 0.1) is 13.9 Å². The summed E-state index contributed by atoms with van der Waals surface area (Å²) in [6.07, 6.45) is 1.66. The van der Waals surface area contributed by atoms with Crippen molar-refractivity contribution in [1.82, 2.24) is 5.32 Å². The van der Waals surface area contributed by atoms with E-state index < -0.39 is 5.91 Å². The number of anilines is 1. The number of nitrogens with zero attached hydrogens (tertiary/aromatic N) is 1. The zero-order valence-electron chi connectivity index (χ0n) is 16.5. The monoisotopic (exact) mass is 565 g/mol. The Labute approximate surface area is 200 Å². The summed E-state index contributed by atoms with van der Waals surface area (Å²) in [5, 5.41) is 5.54. The molecule has 1 aliphatic heterocycles. The zero-order valence-corrected chi connectivity index (χ0v) is 20.5. The van der Waals surface area contributed by atoms with Gasteiger partial charge in [0.1, 0.15) is 5.75 Å². The lowest BCUT2D eigenvalue weighted by Crippen LogP contribution is -2.23. The lowest BCUT2D eigenvalue weighted by Gasteiger charge is -2.12. The molecule has 3 rings (SSSR count). The summed E-state index contributed by atoms with van der Waals surface area (Å²) in [6.45, 7) is 3.12. The van der Waals surface area contributed by atoms with E-state index >= 15 is 0 Å². The number of amides is 3. The van der Waals surface area contributed by atoms with Crippen molar-refractivity contribution in [2.75, 3.05) is 11.9 Å². The van der Waals surface area contributed by atoms with Crippen LogP contribution in [0.3, 0.4) is 0 Å². The average molecular weight is 567 g/mol. The van der Waals surface area contributed by atoms with Gasteiger partial charge in [-0.2, -0.15) is 4.99 Å². The Hall–Kier alpha value is -2.43. The highest BCUT2D eigenvalue weighted by atomic mass is 79.9. The summed E-state index contributed by atoms with van der Waals surface area (Å²) in [4.78, 5) is 39.6. The fraction of sp³-hybridized carbons (Fsp3) is 0.143. The molecule has 0 saturated heterocycles. The van der Waals surface area contributed by atoms with E-state index in [1.54, 1.807) is 18.2 Å². The second kappa shape index (κ2) is 10.3. The minimum Gasteiger partial charge on any atom is -0.481 e. The van der Waals surface area contributed by atoms with Crippen molar-refractivity contribution in [2.45, 2.75) is 13.8 Å². The molecule has 2 N–H and O–H groups in total. The summed E-state index contributed by atoms with van der Waals surface area (Å²) in [5.41, 5.74) is 2.46. The molecule has 0 radical (unpaired) electrons. The zero-order chi connectivity index (χ0) is 22.5. The molecule has 160 valence electrons. The number of hydrogen-bond acceptors (Lipinski definition) is 5. The van der Waals surface area contributed by atoms with E-state index in [2.05, 4.69) is 47.5 Å². The Morgan fingerprint density at radius 1 is 1.16 bits per heavy atom. The second-order valence-corrected chi connectivity index (χ2v) is 9.27. The average Bonchev–Trinajstić information content (AvgIpc) is 2.99. The van der Waals surface area contributed by atoms with Crippen LogP contribution in [-0.2, 0) is 14.4 Å². The van der Waals surface area contributed by atoms with E-state index in [4.69, 9.17) is 4.74 Å². The Balaban J connectivity index is 1.66. The summed E-state index contributed by atoms with van der Waals surface area (Å²) >= 11 is 7.97. The molecule has 0 spiro atoms. The minimum atomic E-state index is -0.422. The Kier molecular flexibility index (Phi) is 7.69. The van der Waals surface area contributed by atoms with Gasteiger partial charge < -0.3 is 15.4 Å². The van der Waals surface area contributed by atoms with Gasteiger partial charge in [-0.05, 0) is 92.0 Å². The summed E-state index contributed by atoms with van der Waals surface area (Å²) in [6, 6.07) is 11.0. The van der Waals surface area contributed by atoms with Gasteiger partial charge in [-0.15, -0.1) is 0 Å². The predicted octanol–water partition coefficient (Wildman–Crippen LogP) is 4.64. The largest absolute Gasteiger partial charge is 0.481 e. The van der Waals surface area contributed by atoms with Gasteiger partial charge in [-0.1, -0.05) is 12.1 Å². The predicted molar refractivity (Wildman–Crippen MR) is 129 cm³/mol. The normalized spacial score (nSPS) is 14.4. The van der Waals surface area contributed by atoms with Gasteiger partial charge in [0.15, 0.2) is 11.8 Å². The van der Waals surface area contributed by atoms with Crippen LogP contribution in [0.1, 0.15) is 18.1 Å². The van der Waals surface area contributed by atoms with Crippen LogP contribution in [0, 0.1) is 6.92 Å². The number of aryl methyl sites for hydroxylation is 1. The van der Waals surface area contributed by atoms with Crippen molar-refractivity contribution >= 4 is 78.3 Å². The van der Waals surface area contributed by atoms with Crippen molar-refractivity contribution in [2.24, 2.45) is 4.99 Å². The maximum Gasteiger partial charge on any atom is 0.286 e. The first-order valence-electron chi connectivity index (χ1n) is 9.00. The maximum absolute atomic E-state index is 12.2. The third kappa shape index (κ3) is 6.52. The number of amidine groups is 1. The van der Waals surface area contributed by atoms with Crippen LogP contribution in [0.25, 0.3) is 6.08 Å². The molecule has 2 aromatic rings. The SMILES string of the molecule is CC(=O)NC1=NC(=O)/C(=C/c2cc(Br)c(OCC(=O)Nc3cccc(C)c3)c(Br)c2)S1. The van der Waals surface area contributed by atoms with E-state index in [1.165, 1.54) is 6.92 Å². The topological polar surface area (TPSA) is 96.9 Å². The number of carbonyl (C=O) groups excluding carboxylic acids is 3. The standard InChI is InChI=1S/C21H17Br2N3O4S/c1-11-4-3-5-14(6-11)25-18(28)10-30-19-15(22)7-13(8-16(19)23)9-17-20(29)26-21(31-17)24-12(2)27/h3-9H,10H2,1-2H3,(H,25,28)(H,24,26,27,29)/b17-9-. The third-order valence-corrected chi connectivity index (χ3v) is 5.95. The van der Waals surface area contributed by atoms with E-state index in [9.17, 15) is 14.4 Å². The lowest BCUT2D eigenvalue weighted by molar-refractivity contribution is -0.118.